The summed E-state index contributed by atoms with van der Waals surface area (Å²) >= 11 is 0. The molecular formula is C14H23FN2O. The van der Waals surface area contributed by atoms with E-state index in [0.717, 1.165) is 6.42 Å². The van der Waals surface area contributed by atoms with Gasteiger partial charge in [0.15, 0.2) is 0 Å². The van der Waals surface area contributed by atoms with Gasteiger partial charge in [0.1, 0.15) is 5.82 Å². The predicted molar refractivity (Wildman–Crippen MR) is 71.5 cm³/mol. The highest BCUT2D eigenvalue weighted by molar-refractivity contribution is 5.19. The molecule has 0 bridgehead atoms. The highest BCUT2D eigenvalue weighted by Gasteiger charge is 2.33. The van der Waals surface area contributed by atoms with Crippen molar-refractivity contribution in [3.63, 3.8) is 0 Å². The van der Waals surface area contributed by atoms with Crippen LogP contribution in [0.25, 0.3) is 0 Å². The van der Waals surface area contributed by atoms with E-state index >= 15 is 0 Å². The van der Waals surface area contributed by atoms with E-state index in [-0.39, 0.29) is 11.9 Å². The number of hydrogen-bond donors (Lipinski definition) is 2. The summed E-state index contributed by atoms with van der Waals surface area (Å²) in [5.74, 6) is 5.41. The standard InChI is InChI=1S/C14H23FN2O/c1-4-14(3,18-5-2)13(17-16)10-11-8-6-7-9-12(11)15/h6-9,13,17H,4-5,10,16H2,1-3H3. The minimum absolute atomic E-state index is 0.126. The van der Waals surface area contributed by atoms with E-state index < -0.39 is 5.60 Å². The molecule has 4 heteroatoms. The number of benzene rings is 1. The van der Waals surface area contributed by atoms with Crippen LogP contribution in [0.4, 0.5) is 4.39 Å². The van der Waals surface area contributed by atoms with Crippen LogP contribution in [-0.2, 0) is 11.2 Å². The number of nitrogens with one attached hydrogen (secondary N) is 1. The summed E-state index contributed by atoms with van der Waals surface area (Å²) < 4.78 is 19.4. The molecule has 0 aliphatic carbocycles. The Balaban J connectivity index is 2.87. The van der Waals surface area contributed by atoms with Gasteiger partial charge in [-0.2, -0.15) is 0 Å². The molecular weight excluding hydrogens is 231 g/mol. The molecule has 2 atom stereocenters. The van der Waals surface area contributed by atoms with Crippen LogP contribution >= 0.6 is 0 Å². The second-order valence-electron chi connectivity index (χ2n) is 4.61. The molecule has 2 unspecified atom stereocenters. The van der Waals surface area contributed by atoms with Gasteiger partial charge in [-0.3, -0.25) is 11.3 Å². The fourth-order valence-corrected chi connectivity index (χ4v) is 2.11. The minimum atomic E-state index is -0.397. The topological polar surface area (TPSA) is 47.3 Å². The zero-order chi connectivity index (χ0) is 13.6. The molecule has 102 valence electrons. The second kappa shape index (κ2) is 6.83. The molecule has 0 aromatic heterocycles. The Morgan fingerprint density at radius 1 is 1.39 bits per heavy atom. The molecule has 1 rings (SSSR count). The van der Waals surface area contributed by atoms with E-state index in [2.05, 4.69) is 5.43 Å². The summed E-state index contributed by atoms with van der Waals surface area (Å²) in [5.41, 5.74) is 3.02. The Hall–Kier alpha value is -0.970. The largest absolute Gasteiger partial charge is 0.374 e. The number of halogens is 1. The van der Waals surface area contributed by atoms with Gasteiger partial charge in [0, 0.05) is 6.61 Å². The molecule has 1 aromatic rings. The third-order valence-electron chi connectivity index (χ3n) is 3.50. The average Bonchev–Trinajstić information content (AvgIpc) is 2.38. The van der Waals surface area contributed by atoms with Gasteiger partial charge in [-0.25, -0.2) is 4.39 Å². The SMILES string of the molecule is CCOC(C)(CC)C(Cc1ccccc1F)NN. The molecule has 0 aliphatic heterocycles. The van der Waals surface area contributed by atoms with Gasteiger partial charge in [0.05, 0.1) is 11.6 Å². The van der Waals surface area contributed by atoms with Crippen LogP contribution < -0.4 is 11.3 Å². The first-order valence-electron chi connectivity index (χ1n) is 6.40. The summed E-state index contributed by atoms with van der Waals surface area (Å²) in [6.07, 6.45) is 1.32. The first kappa shape index (κ1) is 15.1. The van der Waals surface area contributed by atoms with Crippen molar-refractivity contribution >= 4 is 0 Å². The Kier molecular flexibility index (Phi) is 5.72. The maximum absolute atomic E-state index is 13.7. The van der Waals surface area contributed by atoms with Crippen molar-refractivity contribution in [1.82, 2.24) is 5.43 Å². The summed E-state index contributed by atoms with van der Waals surface area (Å²) in [5, 5.41) is 0. The summed E-state index contributed by atoms with van der Waals surface area (Å²) in [4.78, 5) is 0. The zero-order valence-electron chi connectivity index (χ0n) is 11.4. The van der Waals surface area contributed by atoms with Crippen molar-refractivity contribution in [2.45, 2.75) is 45.3 Å². The monoisotopic (exact) mass is 254 g/mol. The fourth-order valence-electron chi connectivity index (χ4n) is 2.11. The van der Waals surface area contributed by atoms with Gasteiger partial charge >= 0.3 is 0 Å². The average molecular weight is 254 g/mol. The molecule has 1 aromatic carbocycles. The van der Waals surface area contributed by atoms with Gasteiger partial charge in [0.2, 0.25) is 0 Å². The van der Waals surface area contributed by atoms with Gasteiger partial charge in [-0.05, 0) is 38.3 Å². The lowest BCUT2D eigenvalue weighted by molar-refractivity contribution is -0.0552. The van der Waals surface area contributed by atoms with Gasteiger partial charge < -0.3 is 4.74 Å². The van der Waals surface area contributed by atoms with Crippen molar-refractivity contribution in [3.8, 4) is 0 Å². The Bertz CT molecular complexity index is 373. The molecule has 0 heterocycles. The molecule has 0 amide bonds. The van der Waals surface area contributed by atoms with E-state index in [1.807, 2.05) is 26.8 Å². The van der Waals surface area contributed by atoms with Gasteiger partial charge in [-0.15, -0.1) is 0 Å². The van der Waals surface area contributed by atoms with Crippen LogP contribution in [0.5, 0.6) is 0 Å². The Labute approximate surface area is 108 Å². The van der Waals surface area contributed by atoms with Gasteiger partial charge in [-0.1, -0.05) is 25.1 Å². The lowest BCUT2D eigenvalue weighted by Gasteiger charge is -2.36. The van der Waals surface area contributed by atoms with E-state index in [4.69, 9.17) is 10.6 Å². The predicted octanol–water partition coefficient (Wildman–Crippen LogP) is 2.41. The van der Waals surface area contributed by atoms with Crippen LogP contribution in [0, 0.1) is 5.82 Å². The van der Waals surface area contributed by atoms with Crippen molar-refractivity contribution in [2.75, 3.05) is 6.61 Å². The molecule has 0 saturated heterocycles. The zero-order valence-corrected chi connectivity index (χ0v) is 11.4. The van der Waals surface area contributed by atoms with Crippen LogP contribution in [0.1, 0.15) is 32.8 Å². The normalized spacial score (nSPS) is 16.3. The first-order chi connectivity index (χ1) is 8.57. The maximum atomic E-state index is 13.7. The van der Waals surface area contributed by atoms with E-state index in [1.165, 1.54) is 6.07 Å². The lowest BCUT2D eigenvalue weighted by Crippen LogP contribution is -2.54. The quantitative estimate of drug-likeness (QED) is 0.580. The third kappa shape index (κ3) is 3.51. The fraction of sp³-hybridized carbons (Fsp3) is 0.571. The van der Waals surface area contributed by atoms with Crippen LogP contribution in [0.15, 0.2) is 24.3 Å². The summed E-state index contributed by atoms with van der Waals surface area (Å²) in [6.45, 7) is 6.60. The molecule has 0 radical (unpaired) electrons. The molecule has 0 saturated carbocycles. The number of hydrogen-bond acceptors (Lipinski definition) is 3. The van der Waals surface area contributed by atoms with Crippen molar-refractivity contribution < 1.29 is 9.13 Å². The highest BCUT2D eigenvalue weighted by atomic mass is 19.1. The molecule has 3 nitrogen and oxygen atoms in total. The van der Waals surface area contributed by atoms with Crippen LogP contribution in [-0.4, -0.2) is 18.2 Å². The highest BCUT2D eigenvalue weighted by Crippen LogP contribution is 2.23. The molecule has 3 N–H and O–H groups in total. The van der Waals surface area contributed by atoms with Crippen molar-refractivity contribution in [2.24, 2.45) is 5.84 Å². The lowest BCUT2D eigenvalue weighted by atomic mass is 9.88. The van der Waals surface area contributed by atoms with E-state index in [9.17, 15) is 4.39 Å². The Morgan fingerprint density at radius 2 is 2.06 bits per heavy atom. The van der Waals surface area contributed by atoms with Crippen molar-refractivity contribution in [3.05, 3.63) is 35.6 Å². The van der Waals surface area contributed by atoms with Crippen molar-refractivity contribution in [1.29, 1.82) is 0 Å². The van der Waals surface area contributed by atoms with Crippen LogP contribution in [0.3, 0.4) is 0 Å². The number of rotatable bonds is 7. The second-order valence-corrected chi connectivity index (χ2v) is 4.61. The Morgan fingerprint density at radius 3 is 2.56 bits per heavy atom. The number of hydrazine groups is 1. The molecule has 0 spiro atoms. The summed E-state index contributed by atoms with van der Waals surface area (Å²) in [7, 11) is 0. The summed E-state index contributed by atoms with van der Waals surface area (Å²) in [6, 6.07) is 6.63. The van der Waals surface area contributed by atoms with E-state index in [1.54, 1.807) is 12.1 Å². The van der Waals surface area contributed by atoms with E-state index in [0.29, 0.717) is 18.6 Å². The number of ether oxygens (including phenoxy) is 1. The first-order valence-corrected chi connectivity index (χ1v) is 6.40. The van der Waals surface area contributed by atoms with Gasteiger partial charge in [0.25, 0.3) is 0 Å². The van der Waals surface area contributed by atoms with Crippen LogP contribution in [0.2, 0.25) is 0 Å². The molecule has 0 aliphatic rings. The third-order valence-corrected chi connectivity index (χ3v) is 3.50. The molecule has 18 heavy (non-hydrogen) atoms. The smallest absolute Gasteiger partial charge is 0.126 e. The maximum Gasteiger partial charge on any atom is 0.126 e. The molecule has 0 fully saturated rings. The number of nitrogens with two attached hydrogens (primary N) is 1. The minimum Gasteiger partial charge on any atom is -0.374 e.